The van der Waals surface area contributed by atoms with E-state index in [1.54, 1.807) is 0 Å². The fourth-order valence-electron chi connectivity index (χ4n) is 2.17. The van der Waals surface area contributed by atoms with E-state index in [9.17, 15) is 0 Å². The molecule has 4 nitrogen and oxygen atoms in total. The van der Waals surface area contributed by atoms with Crippen LogP contribution in [0.4, 0.5) is 0 Å². The predicted octanol–water partition coefficient (Wildman–Crippen LogP) is 3.56. The van der Waals surface area contributed by atoms with E-state index >= 15 is 0 Å². The molecule has 0 fully saturated rings. The van der Waals surface area contributed by atoms with Crippen molar-refractivity contribution in [1.82, 2.24) is 5.32 Å². The summed E-state index contributed by atoms with van der Waals surface area (Å²) in [6, 6.07) is 6.39. The molecule has 1 aliphatic rings. The minimum absolute atomic E-state index is 0.224. The zero-order valence-corrected chi connectivity index (χ0v) is 13.2. The Labute approximate surface area is 128 Å². The molecule has 0 amide bonds. The van der Waals surface area contributed by atoms with Crippen LogP contribution in [-0.2, 0) is 0 Å². The maximum atomic E-state index is 8.50. The molecule has 0 saturated heterocycles. The van der Waals surface area contributed by atoms with Crippen LogP contribution in [-0.4, -0.2) is 19.8 Å². The van der Waals surface area contributed by atoms with E-state index < -0.39 is 0 Å². The Balaban J connectivity index is 1.95. The second kappa shape index (κ2) is 7.51. The smallest absolute Gasteiger partial charge is 0.162 e. The van der Waals surface area contributed by atoms with E-state index in [2.05, 4.69) is 34.2 Å². The van der Waals surface area contributed by atoms with Crippen LogP contribution in [0.5, 0.6) is 11.5 Å². The number of benzene rings is 1. The lowest BCUT2D eigenvalue weighted by Crippen LogP contribution is -2.21. The normalized spacial score (nSPS) is 14.7. The number of hydrogen-bond acceptors (Lipinski definition) is 4. The average Bonchev–Trinajstić information content (AvgIpc) is 2.46. The lowest BCUT2D eigenvalue weighted by Gasteiger charge is -2.22. The lowest BCUT2D eigenvalue weighted by atomic mass is 10.1. The van der Waals surface area contributed by atoms with Gasteiger partial charge in [0, 0.05) is 16.9 Å². The number of rotatable bonds is 6. The fraction of sp³-hybridized carbons (Fsp3) is 0.533. The molecule has 1 N–H and O–H groups in total. The monoisotopic (exact) mass is 338 g/mol. The summed E-state index contributed by atoms with van der Waals surface area (Å²) in [5.41, 5.74) is 1.16. The first-order chi connectivity index (χ1) is 9.72. The Morgan fingerprint density at radius 3 is 2.70 bits per heavy atom. The number of nitrogens with zero attached hydrogens (tertiary/aromatic N) is 1. The van der Waals surface area contributed by atoms with Gasteiger partial charge in [-0.3, -0.25) is 0 Å². The molecule has 1 aromatic rings. The Hall–Kier alpha value is -1.25. The molecule has 1 aromatic carbocycles. The number of nitrogens with one attached hydrogen (secondary N) is 1. The zero-order chi connectivity index (χ0) is 14.4. The number of nitriles is 1. The summed E-state index contributed by atoms with van der Waals surface area (Å²) in [4.78, 5) is 0. The van der Waals surface area contributed by atoms with Crippen molar-refractivity contribution in [2.75, 3.05) is 19.8 Å². The van der Waals surface area contributed by atoms with Crippen molar-refractivity contribution in [3.63, 3.8) is 0 Å². The molecule has 1 heterocycles. The van der Waals surface area contributed by atoms with Gasteiger partial charge in [-0.05, 0) is 44.0 Å². The SMILES string of the molecule is C[C@@H](NCCCCC#N)c1cc2c(cc1Br)OCCO2. The van der Waals surface area contributed by atoms with E-state index in [1.807, 2.05) is 12.1 Å². The Morgan fingerprint density at radius 2 is 2.00 bits per heavy atom. The summed E-state index contributed by atoms with van der Waals surface area (Å²) in [6.07, 6.45) is 2.59. The summed E-state index contributed by atoms with van der Waals surface area (Å²) in [5.74, 6) is 1.61. The molecule has 0 spiro atoms. The van der Waals surface area contributed by atoms with Crippen molar-refractivity contribution in [2.24, 2.45) is 0 Å². The van der Waals surface area contributed by atoms with Crippen molar-refractivity contribution < 1.29 is 9.47 Å². The van der Waals surface area contributed by atoms with Crippen LogP contribution in [0.1, 0.15) is 37.8 Å². The van der Waals surface area contributed by atoms with Gasteiger partial charge in [0.25, 0.3) is 0 Å². The number of fused-ring (bicyclic) bond motifs is 1. The molecule has 0 bridgehead atoms. The van der Waals surface area contributed by atoms with Gasteiger partial charge in [0.05, 0.1) is 6.07 Å². The molecule has 1 atom stereocenters. The Kier molecular flexibility index (Phi) is 5.69. The molecule has 108 valence electrons. The highest BCUT2D eigenvalue weighted by Gasteiger charge is 2.17. The highest BCUT2D eigenvalue weighted by atomic mass is 79.9. The molecule has 5 heteroatoms. The highest BCUT2D eigenvalue weighted by Crippen LogP contribution is 2.37. The topological polar surface area (TPSA) is 54.3 Å². The molecule has 0 saturated carbocycles. The molecule has 0 aliphatic carbocycles. The van der Waals surface area contributed by atoms with E-state index in [0.717, 1.165) is 40.9 Å². The third-order valence-electron chi connectivity index (χ3n) is 3.29. The van der Waals surface area contributed by atoms with Crippen LogP contribution in [0.25, 0.3) is 0 Å². The number of hydrogen-bond donors (Lipinski definition) is 1. The quantitative estimate of drug-likeness (QED) is 0.805. The molecule has 20 heavy (non-hydrogen) atoms. The standard InChI is InChI=1S/C15H19BrN2O2/c1-11(18-6-4-2-3-5-17)12-9-14-15(10-13(12)16)20-8-7-19-14/h9-11,18H,2-4,6-8H2,1H3/t11-/m1/s1. The first-order valence-electron chi connectivity index (χ1n) is 6.91. The number of halogens is 1. The maximum absolute atomic E-state index is 8.50. The number of ether oxygens (including phenoxy) is 2. The Morgan fingerprint density at radius 1 is 1.30 bits per heavy atom. The summed E-state index contributed by atoms with van der Waals surface area (Å²) in [5, 5.41) is 12.0. The molecule has 2 rings (SSSR count). The van der Waals surface area contributed by atoms with Crippen LogP contribution in [0.15, 0.2) is 16.6 Å². The molecule has 0 aromatic heterocycles. The van der Waals surface area contributed by atoms with Crippen LogP contribution in [0.3, 0.4) is 0 Å². The second-order valence-electron chi connectivity index (χ2n) is 4.81. The van der Waals surface area contributed by atoms with Crippen molar-refractivity contribution in [3.05, 3.63) is 22.2 Å². The first kappa shape index (κ1) is 15.1. The summed E-state index contributed by atoms with van der Waals surface area (Å²) >= 11 is 3.59. The van der Waals surface area contributed by atoms with Crippen LogP contribution >= 0.6 is 15.9 Å². The predicted molar refractivity (Wildman–Crippen MR) is 81.0 cm³/mol. The van der Waals surface area contributed by atoms with Crippen molar-refractivity contribution >= 4 is 15.9 Å². The average molecular weight is 339 g/mol. The van der Waals surface area contributed by atoms with Crippen molar-refractivity contribution in [3.8, 4) is 17.6 Å². The van der Waals surface area contributed by atoms with Gasteiger partial charge in [-0.2, -0.15) is 5.26 Å². The Bertz CT molecular complexity index is 499. The van der Waals surface area contributed by atoms with E-state index in [-0.39, 0.29) is 6.04 Å². The maximum Gasteiger partial charge on any atom is 0.162 e. The van der Waals surface area contributed by atoms with Gasteiger partial charge in [-0.1, -0.05) is 15.9 Å². The van der Waals surface area contributed by atoms with E-state index in [4.69, 9.17) is 14.7 Å². The summed E-state index contributed by atoms with van der Waals surface area (Å²) in [6.45, 7) is 4.24. The third kappa shape index (κ3) is 3.87. The van der Waals surface area contributed by atoms with Crippen molar-refractivity contribution in [1.29, 1.82) is 5.26 Å². The second-order valence-corrected chi connectivity index (χ2v) is 5.66. The van der Waals surface area contributed by atoms with E-state index in [1.165, 1.54) is 0 Å². The van der Waals surface area contributed by atoms with Crippen LogP contribution < -0.4 is 14.8 Å². The lowest BCUT2D eigenvalue weighted by molar-refractivity contribution is 0.171. The van der Waals surface area contributed by atoms with Gasteiger partial charge < -0.3 is 14.8 Å². The molecule has 0 radical (unpaired) electrons. The van der Waals surface area contributed by atoms with E-state index in [0.29, 0.717) is 19.6 Å². The van der Waals surface area contributed by atoms with Gasteiger partial charge in [0.15, 0.2) is 11.5 Å². The first-order valence-corrected chi connectivity index (χ1v) is 7.71. The van der Waals surface area contributed by atoms with Crippen molar-refractivity contribution in [2.45, 2.75) is 32.2 Å². The summed E-state index contributed by atoms with van der Waals surface area (Å²) < 4.78 is 12.2. The minimum atomic E-state index is 0.224. The van der Waals surface area contributed by atoms with Crippen LogP contribution in [0.2, 0.25) is 0 Å². The van der Waals surface area contributed by atoms with Gasteiger partial charge in [0.2, 0.25) is 0 Å². The third-order valence-corrected chi connectivity index (χ3v) is 3.98. The number of unbranched alkanes of at least 4 members (excludes halogenated alkanes) is 2. The van der Waals surface area contributed by atoms with Gasteiger partial charge >= 0.3 is 0 Å². The zero-order valence-electron chi connectivity index (χ0n) is 11.6. The largest absolute Gasteiger partial charge is 0.486 e. The van der Waals surface area contributed by atoms with Gasteiger partial charge in [-0.25, -0.2) is 0 Å². The van der Waals surface area contributed by atoms with Gasteiger partial charge in [0.1, 0.15) is 13.2 Å². The molecular formula is C15H19BrN2O2. The molecule has 0 unspecified atom stereocenters. The molecular weight excluding hydrogens is 320 g/mol. The van der Waals surface area contributed by atoms with Gasteiger partial charge in [-0.15, -0.1) is 0 Å². The summed E-state index contributed by atoms with van der Waals surface area (Å²) in [7, 11) is 0. The van der Waals surface area contributed by atoms with Crippen LogP contribution in [0, 0.1) is 11.3 Å². The highest BCUT2D eigenvalue weighted by molar-refractivity contribution is 9.10. The fourth-order valence-corrected chi connectivity index (χ4v) is 2.83. The molecule has 1 aliphatic heterocycles. The minimum Gasteiger partial charge on any atom is -0.486 e.